The zero-order chi connectivity index (χ0) is 11.0. The van der Waals surface area contributed by atoms with Crippen molar-refractivity contribution in [3.05, 3.63) is 20.2 Å². The first-order valence-corrected chi connectivity index (χ1v) is 4.83. The van der Waals surface area contributed by atoms with Gasteiger partial charge in [0.15, 0.2) is 0 Å². The zero-order valence-electron chi connectivity index (χ0n) is 8.35. The molecule has 6 nitrogen and oxygen atoms in total. The normalized spacial score (nSPS) is 12.4. The van der Waals surface area contributed by atoms with Crippen molar-refractivity contribution in [2.75, 3.05) is 6.54 Å². The molecule has 0 amide bonds. The van der Waals surface area contributed by atoms with Crippen LogP contribution < -0.4 is 0 Å². The summed E-state index contributed by atoms with van der Waals surface area (Å²) in [5.41, 5.74) is 0. The maximum absolute atomic E-state index is 10.4. The van der Waals surface area contributed by atoms with E-state index in [4.69, 9.17) is 0 Å². The van der Waals surface area contributed by atoms with Crippen LogP contribution in [-0.4, -0.2) is 22.4 Å². The standard InChI is InChI=1S/C8H16N2O4/c1-2-3-4-5-6-8(10(13)14)7-9(11)12/h8H,2-7H2,1H3. The van der Waals surface area contributed by atoms with E-state index in [1.807, 2.05) is 6.92 Å². The van der Waals surface area contributed by atoms with Crippen molar-refractivity contribution >= 4 is 0 Å². The Labute approximate surface area is 82.6 Å². The van der Waals surface area contributed by atoms with Gasteiger partial charge in [0.05, 0.1) is 0 Å². The highest BCUT2D eigenvalue weighted by Gasteiger charge is 2.25. The highest BCUT2D eigenvalue weighted by atomic mass is 16.6. The van der Waals surface area contributed by atoms with Gasteiger partial charge in [-0.05, 0) is 6.42 Å². The van der Waals surface area contributed by atoms with Gasteiger partial charge in [-0.2, -0.15) is 0 Å². The number of unbranched alkanes of at least 4 members (excludes halogenated alkanes) is 3. The Balaban J connectivity index is 3.74. The minimum absolute atomic E-state index is 0.313. The van der Waals surface area contributed by atoms with E-state index in [1.54, 1.807) is 0 Å². The third kappa shape index (κ3) is 6.33. The van der Waals surface area contributed by atoms with Crippen LogP contribution in [0.15, 0.2) is 0 Å². The van der Waals surface area contributed by atoms with Gasteiger partial charge in [0, 0.05) is 16.3 Å². The van der Waals surface area contributed by atoms with Gasteiger partial charge in [-0.1, -0.05) is 26.2 Å². The van der Waals surface area contributed by atoms with Crippen LogP contribution in [-0.2, 0) is 0 Å². The number of rotatable bonds is 8. The first-order chi connectivity index (χ1) is 6.57. The van der Waals surface area contributed by atoms with Gasteiger partial charge in [0.2, 0.25) is 0 Å². The highest BCUT2D eigenvalue weighted by Crippen LogP contribution is 2.07. The molecule has 1 unspecified atom stereocenters. The Morgan fingerprint density at radius 3 is 2.21 bits per heavy atom. The summed E-state index contributed by atoms with van der Waals surface area (Å²) in [6.07, 6.45) is 4.02. The molecule has 0 radical (unpaired) electrons. The molecule has 1 atom stereocenters. The van der Waals surface area contributed by atoms with E-state index >= 15 is 0 Å². The van der Waals surface area contributed by atoms with E-state index in [9.17, 15) is 20.2 Å². The minimum Gasteiger partial charge on any atom is -0.264 e. The Bertz CT molecular complexity index is 196. The number of hydrogen-bond acceptors (Lipinski definition) is 4. The summed E-state index contributed by atoms with van der Waals surface area (Å²) in [6.45, 7) is 1.49. The molecule has 0 saturated carbocycles. The van der Waals surface area contributed by atoms with Crippen molar-refractivity contribution in [1.29, 1.82) is 0 Å². The second-order valence-electron chi connectivity index (χ2n) is 3.30. The second-order valence-corrected chi connectivity index (χ2v) is 3.30. The smallest absolute Gasteiger partial charge is 0.264 e. The Hall–Kier alpha value is -1.20. The zero-order valence-corrected chi connectivity index (χ0v) is 8.35. The van der Waals surface area contributed by atoms with Gasteiger partial charge in [0.25, 0.3) is 12.6 Å². The number of nitrogens with zero attached hydrogens (tertiary/aromatic N) is 2. The first-order valence-electron chi connectivity index (χ1n) is 4.83. The molecule has 0 aliphatic rings. The van der Waals surface area contributed by atoms with Gasteiger partial charge in [-0.15, -0.1) is 0 Å². The fourth-order valence-corrected chi connectivity index (χ4v) is 1.24. The number of hydrogen-bond donors (Lipinski definition) is 0. The molecule has 0 aromatic heterocycles. The molecule has 0 aromatic rings. The summed E-state index contributed by atoms with van der Waals surface area (Å²) in [5, 5.41) is 20.5. The van der Waals surface area contributed by atoms with Crippen molar-refractivity contribution in [2.45, 2.75) is 45.1 Å². The van der Waals surface area contributed by atoms with E-state index < -0.39 is 22.4 Å². The molecule has 14 heavy (non-hydrogen) atoms. The van der Waals surface area contributed by atoms with E-state index in [0.29, 0.717) is 12.8 Å². The van der Waals surface area contributed by atoms with Gasteiger partial charge in [-0.25, -0.2) is 0 Å². The van der Waals surface area contributed by atoms with Gasteiger partial charge in [-0.3, -0.25) is 20.2 Å². The van der Waals surface area contributed by atoms with E-state index in [0.717, 1.165) is 19.3 Å². The van der Waals surface area contributed by atoms with Crippen LogP contribution in [0.2, 0.25) is 0 Å². The average Bonchev–Trinajstić information content (AvgIpc) is 2.09. The monoisotopic (exact) mass is 204 g/mol. The lowest BCUT2D eigenvalue weighted by molar-refractivity contribution is -0.588. The van der Waals surface area contributed by atoms with E-state index in [-0.39, 0.29) is 0 Å². The van der Waals surface area contributed by atoms with Crippen molar-refractivity contribution < 1.29 is 9.85 Å². The first kappa shape index (κ1) is 12.8. The summed E-state index contributed by atoms with van der Waals surface area (Å²) < 4.78 is 0. The lowest BCUT2D eigenvalue weighted by Crippen LogP contribution is -2.28. The van der Waals surface area contributed by atoms with E-state index in [2.05, 4.69) is 0 Å². The van der Waals surface area contributed by atoms with Crippen molar-refractivity contribution in [3.63, 3.8) is 0 Å². The molecule has 82 valence electrons. The van der Waals surface area contributed by atoms with Crippen LogP contribution in [0, 0.1) is 20.2 Å². The largest absolute Gasteiger partial charge is 0.276 e. The van der Waals surface area contributed by atoms with Gasteiger partial charge < -0.3 is 0 Å². The second kappa shape index (κ2) is 7.23. The quantitative estimate of drug-likeness (QED) is 0.343. The van der Waals surface area contributed by atoms with E-state index in [1.165, 1.54) is 0 Å². The van der Waals surface area contributed by atoms with Gasteiger partial charge >= 0.3 is 0 Å². The Morgan fingerprint density at radius 2 is 1.79 bits per heavy atom. The fourth-order valence-electron chi connectivity index (χ4n) is 1.24. The lowest BCUT2D eigenvalue weighted by atomic mass is 10.1. The summed E-state index contributed by atoms with van der Waals surface area (Å²) in [6, 6.07) is -1.01. The average molecular weight is 204 g/mol. The lowest BCUT2D eigenvalue weighted by Gasteiger charge is -2.04. The van der Waals surface area contributed by atoms with Crippen LogP contribution in [0.4, 0.5) is 0 Å². The topological polar surface area (TPSA) is 86.3 Å². The molecule has 0 saturated heterocycles. The number of nitro groups is 2. The molecule has 0 aromatic carbocycles. The molecule has 0 heterocycles. The SMILES string of the molecule is CCCCCCC(C[N+](=O)[O-])[N+](=O)[O-]. The molecule has 0 bridgehead atoms. The predicted octanol–water partition coefficient (Wildman–Crippen LogP) is 1.88. The van der Waals surface area contributed by atoms with Crippen molar-refractivity contribution in [3.8, 4) is 0 Å². The predicted molar refractivity (Wildman–Crippen MR) is 51.4 cm³/mol. The van der Waals surface area contributed by atoms with Crippen LogP contribution in [0.3, 0.4) is 0 Å². The van der Waals surface area contributed by atoms with Gasteiger partial charge in [0.1, 0.15) is 0 Å². The molecular weight excluding hydrogens is 188 g/mol. The maximum atomic E-state index is 10.4. The highest BCUT2D eigenvalue weighted by molar-refractivity contribution is 4.55. The molecule has 0 N–H and O–H groups in total. The molecule has 0 aliphatic heterocycles. The molecule has 0 rings (SSSR count). The molecule has 6 heteroatoms. The minimum atomic E-state index is -1.01. The summed E-state index contributed by atoms with van der Waals surface area (Å²) >= 11 is 0. The Kier molecular flexibility index (Phi) is 6.61. The summed E-state index contributed by atoms with van der Waals surface area (Å²) in [4.78, 5) is 19.3. The molecule has 0 aliphatic carbocycles. The molecule has 0 spiro atoms. The Morgan fingerprint density at radius 1 is 1.14 bits per heavy atom. The van der Waals surface area contributed by atoms with Crippen molar-refractivity contribution in [1.82, 2.24) is 0 Å². The summed E-state index contributed by atoms with van der Waals surface area (Å²) in [7, 11) is 0. The third-order valence-electron chi connectivity index (χ3n) is 2.05. The maximum Gasteiger partial charge on any atom is 0.276 e. The molecule has 0 fully saturated rings. The van der Waals surface area contributed by atoms with Crippen LogP contribution in [0.5, 0.6) is 0 Å². The summed E-state index contributed by atoms with van der Waals surface area (Å²) in [5.74, 6) is 0. The van der Waals surface area contributed by atoms with Crippen LogP contribution in [0.25, 0.3) is 0 Å². The fraction of sp³-hybridized carbons (Fsp3) is 1.00. The van der Waals surface area contributed by atoms with Crippen molar-refractivity contribution in [2.24, 2.45) is 0 Å². The third-order valence-corrected chi connectivity index (χ3v) is 2.05. The van der Waals surface area contributed by atoms with Crippen LogP contribution in [0.1, 0.15) is 39.0 Å². The van der Waals surface area contributed by atoms with Crippen LogP contribution >= 0.6 is 0 Å². The molecular formula is C8H16N2O4.